The van der Waals surface area contributed by atoms with Crippen LogP contribution in [0.15, 0.2) is 66.0 Å². The molecule has 0 unspecified atom stereocenters. The standard InChI is InChI=1S/C19H15ClFN5S/c1-25-18(13-5-7-14(20)8-6-13)22-23-19(25)27-12-16-9-10-26(24-16)17-4-2-3-15(21)11-17/h2-11H,12H2,1H3. The van der Waals surface area contributed by atoms with E-state index >= 15 is 0 Å². The summed E-state index contributed by atoms with van der Waals surface area (Å²) in [6.07, 6.45) is 1.82. The molecule has 0 spiro atoms. The molecular weight excluding hydrogens is 385 g/mol. The largest absolute Gasteiger partial charge is 0.305 e. The summed E-state index contributed by atoms with van der Waals surface area (Å²) in [7, 11) is 1.93. The lowest BCUT2D eigenvalue weighted by Gasteiger charge is -2.03. The monoisotopic (exact) mass is 399 g/mol. The van der Waals surface area contributed by atoms with Gasteiger partial charge in [0.2, 0.25) is 0 Å². The van der Waals surface area contributed by atoms with E-state index in [4.69, 9.17) is 11.6 Å². The molecule has 0 fully saturated rings. The zero-order valence-corrected chi connectivity index (χ0v) is 16.0. The molecule has 136 valence electrons. The molecule has 2 heterocycles. The number of hydrogen-bond donors (Lipinski definition) is 0. The topological polar surface area (TPSA) is 48.5 Å². The average molecular weight is 400 g/mol. The molecule has 4 rings (SSSR count). The number of halogens is 2. The molecule has 0 aliphatic carbocycles. The third-order valence-electron chi connectivity index (χ3n) is 4.00. The van der Waals surface area contributed by atoms with Crippen molar-refractivity contribution in [3.8, 4) is 17.1 Å². The second kappa shape index (κ2) is 7.54. The summed E-state index contributed by atoms with van der Waals surface area (Å²) in [4.78, 5) is 0. The second-order valence-electron chi connectivity index (χ2n) is 5.89. The van der Waals surface area contributed by atoms with Crippen molar-refractivity contribution in [2.24, 2.45) is 7.05 Å². The minimum Gasteiger partial charge on any atom is -0.305 e. The fourth-order valence-electron chi connectivity index (χ4n) is 2.63. The van der Waals surface area contributed by atoms with Gasteiger partial charge in [-0.2, -0.15) is 5.10 Å². The van der Waals surface area contributed by atoms with Crippen LogP contribution in [-0.4, -0.2) is 24.5 Å². The Morgan fingerprint density at radius 3 is 2.67 bits per heavy atom. The maximum atomic E-state index is 13.4. The normalized spacial score (nSPS) is 11.1. The predicted molar refractivity (Wildman–Crippen MR) is 105 cm³/mol. The second-order valence-corrected chi connectivity index (χ2v) is 7.27. The Hall–Kier alpha value is -2.64. The van der Waals surface area contributed by atoms with Crippen molar-refractivity contribution in [1.29, 1.82) is 0 Å². The zero-order chi connectivity index (χ0) is 18.8. The Kier molecular flexibility index (Phi) is 4.96. The summed E-state index contributed by atoms with van der Waals surface area (Å²) < 4.78 is 17.0. The Balaban J connectivity index is 1.47. The number of rotatable bonds is 5. The lowest BCUT2D eigenvalue weighted by Crippen LogP contribution is -1.97. The van der Waals surface area contributed by atoms with Crippen molar-refractivity contribution >= 4 is 23.4 Å². The van der Waals surface area contributed by atoms with E-state index in [1.54, 1.807) is 22.5 Å². The molecule has 0 aliphatic rings. The third-order valence-corrected chi connectivity index (χ3v) is 5.31. The van der Waals surface area contributed by atoms with Gasteiger partial charge in [-0.1, -0.05) is 29.4 Å². The molecule has 0 radical (unpaired) electrons. The number of nitrogens with zero attached hydrogens (tertiary/aromatic N) is 5. The Bertz CT molecular complexity index is 1070. The predicted octanol–water partition coefficient (Wildman–Crippen LogP) is 4.75. The van der Waals surface area contributed by atoms with E-state index in [0.29, 0.717) is 16.5 Å². The summed E-state index contributed by atoms with van der Waals surface area (Å²) in [5.41, 5.74) is 2.52. The van der Waals surface area contributed by atoms with Crippen LogP contribution in [0.4, 0.5) is 4.39 Å². The first-order chi connectivity index (χ1) is 13.1. The first kappa shape index (κ1) is 17.8. The fraction of sp³-hybridized carbons (Fsp3) is 0.105. The minimum absolute atomic E-state index is 0.285. The minimum atomic E-state index is -0.285. The van der Waals surface area contributed by atoms with Crippen molar-refractivity contribution in [2.75, 3.05) is 0 Å². The molecule has 0 amide bonds. The van der Waals surface area contributed by atoms with Gasteiger partial charge in [0.15, 0.2) is 11.0 Å². The van der Waals surface area contributed by atoms with Gasteiger partial charge in [-0.15, -0.1) is 10.2 Å². The molecule has 0 N–H and O–H groups in total. The van der Waals surface area contributed by atoms with Gasteiger partial charge >= 0.3 is 0 Å². The molecule has 0 aliphatic heterocycles. The van der Waals surface area contributed by atoms with Gasteiger partial charge in [0.25, 0.3) is 0 Å². The van der Waals surface area contributed by atoms with Crippen LogP contribution in [0, 0.1) is 5.82 Å². The van der Waals surface area contributed by atoms with Crippen LogP contribution in [0.3, 0.4) is 0 Å². The van der Waals surface area contributed by atoms with Crippen LogP contribution in [0.5, 0.6) is 0 Å². The van der Waals surface area contributed by atoms with Crippen LogP contribution < -0.4 is 0 Å². The number of benzene rings is 2. The molecule has 0 atom stereocenters. The Morgan fingerprint density at radius 2 is 1.89 bits per heavy atom. The number of hydrogen-bond acceptors (Lipinski definition) is 4. The van der Waals surface area contributed by atoms with E-state index in [-0.39, 0.29) is 5.82 Å². The highest BCUT2D eigenvalue weighted by Gasteiger charge is 2.12. The van der Waals surface area contributed by atoms with E-state index in [0.717, 1.165) is 22.2 Å². The van der Waals surface area contributed by atoms with Gasteiger partial charge in [0.1, 0.15) is 5.82 Å². The van der Waals surface area contributed by atoms with E-state index in [9.17, 15) is 4.39 Å². The highest BCUT2D eigenvalue weighted by atomic mass is 35.5. The highest BCUT2D eigenvalue weighted by molar-refractivity contribution is 7.98. The Morgan fingerprint density at radius 1 is 1.07 bits per heavy atom. The van der Waals surface area contributed by atoms with Gasteiger partial charge in [0.05, 0.1) is 11.4 Å². The SMILES string of the molecule is Cn1c(SCc2ccn(-c3cccc(F)c3)n2)nnc1-c1ccc(Cl)cc1. The smallest absolute Gasteiger partial charge is 0.191 e. The number of aromatic nitrogens is 5. The number of thioether (sulfide) groups is 1. The summed E-state index contributed by atoms with van der Waals surface area (Å²) in [5, 5.41) is 14.5. The van der Waals surface area contributed by atoms with E-state index in [1.165, 1.54) is 12.1 Å². The van der Waals surface area contributed by atoms with Gasteiger partial charge in [-0.25, -0.2) is 9.07 Å². The van der Waals surface area contributed by atoms with Crippen molar-refractivity contribution < 1.29 is 4.39 Å². The molecule has 2 aromatic carbocycles. The molecule has 0 saturated heterocycles. The Labute approximate surface area is 164 Å². The third kappa shape index (κ3) is 3.89. The molecule has 0 saturated carbocycles. The maximum Gasteiger partial charge on any atom is 0.191 e. The van der Waals surface area contributed by atoms with E-state index in [1.807, 2.05) is 54.2 Å². The van der Waals surface area contributed by atoms with E-state index in [2.05, 4.69) is 15.3 Å². The van der Waals surface area contributed by atoms with Crippen LogP contribution >= 0.6 is 23.4 Å². The summed E-state index contributed by atoms with van der Waals surface area (Å²) in [6, 6.07) is 15.7. The lowest BCUT2D eigenvalue weighted by atomic mass is 10.2. The molecule has 8 heteroatoms. The lowest BCUT2D eigenvalue weighted by molar-refractivity contribution is 0.625. The zero-order valence-electron chi connectivity index (χ0n) is 14.4. The van der Waals surface area contributed by atoms with Gasteiger partial charge in [-0.3, -0.25) is 0 Å². The van der Waals surface area contributed by atoms with Crippen LogP contribution in [0.2, 0.25) is 5.02 Å². The molecule has 2 aromatic heterocycles. The van der Waals surface area contributed by atoms with Crippen molar-refractivity contribution in [2.45, 2.75) is 10.9 Å². The first-order valence-electron chi connectivity index (χ1n) is 8.19. The molecule has 5 nitrogen and oxygen atoms in total. The van der Waals surface area contributed by atoms with Crippen molar-refractivity contribution in [1.82, 2.24) is 24.5 Å². The van der Waals surface area contributed by atoms with Gasteiger partial charge in [-0.05, 0) is 48.5 Å². The summed E-state index contributed by atoms with van der Waals surface area (Å²) >= 11 is 7.48. The highest BCUT2D eigenvalue weighted by Crippen LogP contribution is 2.25. The molecule has 4 aromatic rings. The quantitative estimate of drug-likeness (QED) is 0.454. The fourth-order valence-corrected chi connectivity index (χ4v) is 3.57. The van der Waals surface area contributed by atoms with Crippen molar-refractivity contribution in [3.05, 3.63) is 77.3 Å². The van der Waals surface area contributed by atoms with Gasteiger partial charge < -0.3 is 4.57 Å². The van der Waals surface area contributed by atoms with Crippen LogP contribution in [0.1, 0.15) is 5.69 Å². The first-order valence-corrected chi connectivity index (χ1v) is 9.55. The van der Waals surface area contributed by atoms with E-state index < -0.39 is 0 Å². The maximum absolute atomic E-state index is 13.4. The van der Waals surface area contributed by atoms with Gasteiger partial charge in [0, 0.05) is 29.6 Å². The van der Waals surface area contributed by atoms with Crippen LogP contribution in [-0.2, 0) is 12.8 Å². The molecule has 0 bridgehead atoms. The summed E-state index contributed by atoms with van der Waals surface area (Å²) in [5.74, 6) is 1.13. The summed E-state index contributed by atoms with van der Waals surface area (Å²) in [6.45, 7) is 0. The van der Waals surface area contributed by atoms with Crippen molar-refractivity contribution in [3.63, 3.8) is 0 Å². The average Bonchev–Trinajstić information content (AvgIpc) is 3.28. The van der Waals surface area contributed by atoms with Crippen LogP contribution in [0.25, 0.3) is 17.1 Å². The molecular formula is C19H15ClFN5S. The molecule has 27 heavy (non-hydrogen) atoms.